The van der Waals surface area contributed by atoms with Crippen molar-refractivity contribution in [1.29, 1.82) is 0 Å². The fourth-order valence-electron chi connectivity index (χ4n) is 4.09. The van der Waals surface area contributed by atoms with Crippen LogP contribution in [0.15, 0.2) is 66.7 Å². The number of piperazine rings is 1. The molecule has 1 aliphatic rings. The Balaban J connectivity index is 1.42. The summed E-state index contributed by atoms with van der Waals surface area (Å²) in [6, 6.07) is 19.6. The first kappa shape index (κ1) is 24.7. The highest BCUT2D eigenvalue weighted by atomic mass is 16.6. The first-order valence-electron chi connectivity index (χ1n) is 11.6. The summed E-state index contributed by atoms with van der Waals surface area (Å²) in [4.78, 5) is 31.1. The van der Waals surface area contributed by atoms with Gasteiger partial charge in [0, 0.05) is 44.5 Å². The van der Waals surface area contributed by atoms with E-state index in [2.05, 4.69) is 4.90 Å². The quantitative estimate of drug-likeness (QED) is 0.524. The molecule has 0 saturated carbocycles. The summed E-state index contributed by atoms with van der Waals surface area (Å²) in [5.41, 5.74) is 8.66. The van der Waals surface area contributed by atoms with Crippen LogP contribution in [0.2, 0.25) is 0 Å². The van der Waals surface area contributed by atoms with Gasteiger partial charge in [0.2, 0.25) is 0 Å². The van der Waals surface area contributed by atoms with Crippen LogP contribution in [0.4, 0.5) is 21.9 Å². The van der Waals surface area contributed by atoms with Gasteiger partial charge in [-0.1, -0.05) is 18.2 Å². The molecule has 188 valence electrons. The Hall–Kier alpha value is -4.40. The van der Waals surface area contributed by atoms with Crippen molar-refractivity contribution < 1.29 is 23.8 Å². The molecule has 3 aromatic carbocycles. The second-order valence-corrected chi connectivity index (χ2v) is 8.33. The minimum Gasteiger partial charge on any atom is -0.493 e. The lowest BCUT2D eigenvalue weighted by molar-refractivity contribution is 0.0746. The SMILES string of the molecule is COc1ccc(C(=O)N2CCN(c3ccc(N)c(N(C)C(=O)Oc4ccccc4)c3)CC2)cc1OC. The Morgan fingerprint density at radius 1 is 0.861 bits per heavy atom. The Morgan fingerprint density at radius 3 is 2.22 bits per heavy atom. The van der Waals surface area contributed by atoms with E-state index < -0.39 is 6.09 Å². The van der Waals surface area contributed by atoms with Crippen LogP contribution in [0.1, 0.15) is 10.4 Å². The average molecular weight is 491 g/mol. The Labute approximate surface area is 210 Å². The van der Waals surface area contributed by atoms with E-state index in [4.69, 9.17) is 19.9 Å². The summed E-state index contributed by atoms with van der Waals surface area (Å²) in [6.07, 6.45) is -0.532. The summed E-state index contributed by atoms with van der Waals surface area (Å²) >= 11 is 0. The minimum absolute atomic E-state index is 0.0583. The molecule has 0 unspecified atom stereocenters. The van der Waals surface area contributed by atoms with Crippen molar-refractivity contribution in [3.8, 4) is 17.2 Å². The number of hydrogen-bond donors (Lipinski definition) is 1. The van der Waals surface area contributed by atoms with Crippen LogP contribution >= 0.6 is 0 Å². The molecule has 0 aliphatic carbocycles. The zero-order valence-corrected chi connectivity index (χ0v) is 20.6. The van der Waals surface area contributed by atoms with Crippen molar-refractivity contribution in [3.63, 3.8) is 0 Å². The molecular weight excluding hydrogens is 460 g/mol. The molecule has 4 rings (SSSR count). The largest absolute Gasteiger partial charge is 0.493 e. The van der Waals surface area contributed by atoms with Crippen molar-refractivity contribution in [1.82, 2.24) is 4.90 Å². The van der Waals surface area contributed by atoms with Gasteiger partial charge in [0.05, 0.1) is 25.6 Å². The highest BCUT2D eigenvalue weighted by Gasteiger charge is 2.24. The molecule has 0 radical (unpaired) electrons. The summed E-state index contributed by atoms with van der Waals surface area (Å²) in [7, 11) is 4.73. The van der Waals surface area contributed by atoms with Crippen LogP contribution < -0.4 is 29.7 Å². The standard InChI is InChI=1S/C27H30N4O5/c1-29(27(33)36-21-7-5-4-6-8-21)23-18-20(10-11-22(23)28)30-13-15-31(16-14-30)26(32)19-9-12-24(34-2)25(17-19)35-3/h4-12,17-18H,13-16,28H2,1-3H3. The van der Waals surface area contributed by atoms with E-state index in [-0.39, 0.29) is 5.91 Å². The molecule has 2 N–H and O–H groups in total. The molecule has 9 nitrogen and oxygen atoms in total. The molecule has 36 heavy (non-hydrogen) atoms. The van der Waals surface area contributed by atoms with Crippen LogP contribution in [-0.4, -0.2) is 64.3 Å². The maximum atomic E-state index is 13.1. The van der Waals surface area contributed by atoms with Crippen LogP contribution in [0.25, 0.3) is 0 Å². The van der Waals surface area contributed by atoms with Crippen LogP contribution in [-0.2, 0) is 0 Å². The topological polar surface area (TPSA) is 97.6 Å². The third-order valence-corrected chi connectivity index (χ3v) is 6.16. The fraction of sp³-hybridized carbons (Fsp3) is 0.259. The molecule has 1 heterocycles. The molecule has 2 amide bonds. The smallest absolute Gasteiger partial charge is 0.419 e. The molecule has 0 bridgehead atoms. The predicted octanol–water partition coefficient (Wildman–Crippen LogP) is 3.88. The van der Waals surface area contributed by atoms with E-state index in [0.717, 1.165) is 5.69 Å². The van der Waals surface area contributed by atoms with E-state index in [1.165, 1.54) is 4.90 Å². The van der Waals surface area contributed by atoms with Gasteiger partial charge in [-0.05, 0) is 48.5 Å². The fourth-order valence-corrected chi connectivity index (χ4v) is 4.09. The molecule has 9 heteroatoms. The molecule has 1 aliphatic heterocycles. The van der Waals surface area contributed by atoms with Gasteiger partial charge in [0.25, 0.3) is 5.91 Å². The van der Waals surface area contributed by atoms with Gasteiger partial charge in [-0.3, -0.25) is 9.69 Å². The van der Waals surface area contributed by atoms with E-state index in [0.29, 0.717) is 60.4 Å². The number of para-hydroxylation sites is 1. The maximum Gasteiger partial charge on any atom is 0.419 e. The molecule has 0 spiro atoms. The third-order valence-electron chi connectivity index (χ3n) is 6.16. The molecule has 0 atom stereocenters. The number of hydrogen-bond acceptors (Lipinski definition) is 7. The Kier molecular flexibility index (Phi) is 7.48. The van der Waals surface area contributed by atoms with E-state index in [1.54, 1.807) is 69.8 Å². The summed E-state index contributed by atoms with van der Waals surface area (Å²) < 4.78 is 16.0. The third kappa shape index (κ3) is 5.30. The van der Waals surface area contributed by atoms with Gasteiger partial charge >= 0.3 is 6.09 Å². The molecule has 3 aromatic rings. The normalized spacial score (nSPS) is 13.2. The summed E-state index contributed by atoms with van der Waals surface area (Å²) in [6.45, 7) is 2.39. The lowest BCUT2D eigenvalue weighted by Crippen LogP contribution is -2.48. The average Bonchev–Trinajstić information content (AvgIpc) is 2.92. The maximum absolute atomic E-state index is 13.1. The number of carbonyl (C=O) groups excluding carboxylic acids is 2. The van der Waals surface area contributed by atoms with Crippen molar-refractivity contribution >= 4 is 29.1 Å². The van der Waals surface area contributed by atoms with Crippen LogP contribution in [0, 0.1) is 0 Å². The second kappa shape index (κ2) is 10.9. The van der Waals surface area contributed by atoms with Crippen molar-refractivity contribution in [2.75, 3.05) is 63.0 Å². The lowest BCUT2D eigenvalue weighted by atomic mass is 10.1. The highest BCUT2D eigenvalue weighted by molar-refractivity contribution is 5.95. The number of carbonyl (C=O) groups is 2. The molecule has 1 fully saturated rings. The zero-order valence-electron chi connectivity index (χ0n) is 20.6. The number of amides is 2. The van der Waals surface area contributed by atoms with Gasteiger partial charge in [-0.25, -0.2) is 4.79 Å². The van der Waals surface area contributed by atoms with Crippen molar-refractivity contribution in [2.45, 2.75) is 0 Å². The van der Waals surface area contributed by atoms with Gasteiger partial charge < -0.3 is 29.7 Å². The monoisotopic (exact) mass is 490 g/mol. The van der Waals surface area contributed by atoms with Crippen molar-refractivity contribution in [2.24, 2.45) is 0 Å². The number of rotatable bonds is 6. The minimum atomic E-state index is -0.532. The molecule has 1 saturated heterocycles. The van der Waals surface area contributed by atoms with E-state index in [1.807, 2.05) is 23.1 Å². The van der Waals surface area contributed by atoms with Gasteiger partial charge in [-0.15, -0.1) is 0 Å². The highest BCUT2D eigenvalue weighted by Crippen LogP contribution is 2.31. The Bertz CT molecular complexity index is 1230. The van der Waals surface area contributed by atoms with Gasteiger partial charge in [0.15, 0.2) is 11.5 Å². The second-order valence-electron chi connectivity index (χ2n) is 8.33. The number of benzene rings is 3. The molecular formula is C27H30N4O5. The van der Waals surface area contributed by atoms with Crippen molar-refractivity contribution in [3.05, 3.63) is 72.3 Å². The van der Waals surface area contributed by atoms with Gasteiger partial charge in [-0.2, -0.15) is 0 Å². The number of nitrogens with two attached hydrogens (primary N) is 1. The van der Waals surface area contributed by atoms with Crippen LogP contribution in [0.3, 0.4) is 0 Å². The number of nitrogen functional groups attached to an aromatic ring is 1. The number of anilines is 3. The van der Waals surface area contributed by atoms with Crippen LogP contribution in [0.5, 0.6) is 17.2 Å². The zero-order chi connectivity index (χ0) is 25.7. The van der Waals surface area contributed by atoms with E-state index >= 15 is 0 Å². The molecule has 0 aromatic heterocycles. The number of methoxy groups -OCH3 is 2. The Morgan fingerprint density at radius 2 is 1.56 bits per heavy atom. The first-order valence-corrected chi connectivity index (χ1v) is 11.6. The number of ether oxygens (including phenoxy) is 3. The lowest BCUT2D eigenvalue weighted by Gasteiger charge is -2.36. The summed E-state index contributed by atoms with van der Waals surface area (Å²) in [5.74, 6) is 1.50. The predicted molar refractivity (Wildman–Crippen MR) is 139 cm³/mol. The first-order chi connectivity index (χ1) is 17.4. The van der Waals surface area contributed by atoms with E-state index in [9.17, 15) is 9.59 Å². The summed E-state index contributed by atoms with van der Waals surface area (Å²) in [5, 5.41) is 0. The van der Waals surface area contributed by atoms with Gasteiger partial charge in [0.1, 0.15) is 5.75 Å². The number of nitrogens with zero attached hydrogens (tertiary/aromatic N) is 3.